The molecule has 0 bridgehead atoms. The molecule has 0 heterocycles. The van der Waals surface area contributed by atoms with Crippen LogP contribution in [0.15, 0.2) is 72.9 Å². The number of hydrogen-bond acceptors (Lipinski definition) is 6. The van der Waals surface area contributed by atoms with Crippen LogP contribution in [0.4, 0.5) is 0 Å². The summed E-state index contributed by atoms with van der Waals surface area (Å²) < 4.78 is 16.8. The van der Waals surface area contributed by atoms with Crippen LogP contribution in [0.1, 0.15) is 335 Å². The van der Waals surface area contributed by atoms with Gasteiger partial charge in [-0.25, -0.2) is 0 Å². The number of carbonyl (C=O) groups is 3. The third-order valence-corrected chi connectivity index (χ3v) is 14.5. The van der Waals surface area contributed by atoms with Crippen LogP contribution in [0, 0.1) is 0 Å². The third-order valence-electron chi connectivity index (χ3n) is 14.5. The maximum Gasteiger partial charge on any atom is 0.306 e. The monoisotopic (exact) mass is 1060 g/mol. The van der Waals surface area contributed by atoms with E-state index < -0.39 is 6.10 Å². The largest absolute Gasteiger partial charge is 0.462 e. The van der Waals surface area contributed by atoms with Crippen LogP contribution in [-0.2, 0) is 28.6 Å². The fraction of sp³-hybridized carbons (Fsp3) is 0.786. The van der Waals surface area contributed by atoms with E-state index in [2.05, 4.69) is 93.7 Å². The molecule has 0 aromatic heterocycles. The van der Waals surface area contributed by atoms with Crippen LogP contribution in [0.25, 0.3) is 0 Å². The predicted octanol–water partition coefficient (Wildman–Crippen LogP) is 22.5. The van der Waals surface area contributed by atoms with Gasteiger partial charge in [-0.2, -0.15) is 0 Å². The molecule has 6 nitrogen and oxygen atoms in total. The number of hydrogen-bond donors (Lipinski definition) is 0. The molecule has 6 heteroatoms. The van der Waals surface area contributed by atoms with E-state index in [4.69, 9.17) is 14.2 Å². The Kier molecular flexibility index (Phi) is 61.7. The van der Waals surface area contributed by atoms with Gasteiger partial charge in [-0.05, 0) is 83.5 Å². The highest BCUT2D eigenvalue weighted by Crippen LogP contribution is 2.18. The topological polar surface area (TPSA) is 78.9 Å². The van der Waals surface area contributed by atoms with E-state index in [1.54, 1.807) is 0 Å². The Balaban J connectivity index is 4.10. The maximum absolute atomic E-state index is 12.8. The summed E-state index contributed by atoms with van der Waals surface area (Å²) in [6.45, 7) is 6.40. The molecule has 0 rings (SSSR count). The number of rotatable bonds is 60. The average molecular weight is 1060 g/mol. The number of ether oxygens (including phenoxy) is 3. The third kappa shape index (κ3) is 61.7. The summed E-state index contributed by atoms with van der Waals surface area (Å²) in [7, 11) is 0. The molecule has 440 valence electrons. The molecule has 0 spiro atoms. The van der Waals surface area contributed by atoms with Gasteiger partial charge in [0.2, 0.25) is 0 Å². The SMILES string of the molecule is CC/C=C\C/C=C\C/C=C\CCCCCC(=O)OCC(COC(=O)CCCCCCCCCCCCCCCCCCCCCCCCCCCCCCCCCC)OC(=O)CCCCC/C=C\C/C=C\C/C=C\CC. The van der Waals surface area contributed by atoms with Gasteiger partial charge in [0.1, 0.15) is 13.2 Å². The summed E-state index contributed by atoms with van der Waals surface area (Å²) in [6, 6.07) is 0. The molecule has 0 amide bonds. The Morgan fingerprint density at radius 1 is 0.276 bits per heavy atom. The second-order valence-corrected chi connectivity index (χ2v) is 22.0. The molecular formula is C70H124O6. The lowest BCUT2D eigenvalue weighted by Crippen LogP contribution is -2.30. The van der Waals surface area contributed by atoms with E-state index in [9.17, 15) is 14.4 Å². The minimum Gasteiger partial charge on any atom is -0.462 e. The zero-order chi connectivity index (χ0) is 55.0. The lowest BCUT2D eigenvalue weighted by Gasteiger charge is -2.18. The van der Waals surface area contributed by atoms with Gasteiger partial charge in [0.15, 0.2) is 6.10 Å². The lowest BCUT2D eigenvalue weighted by atomic mass is 10.0. The Hall–Kier alpha value is -3.15. The lowest BCUT2D eigenvalue weighted by molar-refractivity contribution is -0.167. The van der Waals surface area contributed by atoms with Gasteiger partial charge in [0, 0.05) is 19.3 Å². The highest BCUT2D eigenvalue weighted by Gasteiger charge is 2.19. The van der Waals surface area contributed by atoms with Crippen LogP contribution >= 0.6 is 0 Å². The van der Waals surface area contributed by atoms with Crippen LogP contribution in [0.3, 0.4) is 0 Å². The normalized spacial score (nSPS) is 12.5. The van der Waals surface area contributed by atoms with E-state index >= 15 is 0 Å². The first-order chi connectivity index (χ1) is 37.5. The van der Waals surface area contributed by atoms with Gasteiger partial charge in [0.05, 0.1) is 0 Å². The molecule has 0 saturated heterocycles. The van der Waals surface area contributed by atoms with Crippen molar-refractivity contribution in [1.82, 2.24) is 0 Å². The quantitative estimate of drug-likeness (QED) is 0.0261. The maximum atomic E-state index is 12.8. The summed E-state index contributed by atoms with van der Waals surface area (Å²) in [4.78, 5) is 38.2. The predicted molar refractivity (Wildman–Crippen MR) is 330 cm³/mol. The van der Waals surface area contributed by atoms with Crippen molar-refractivity contribution in [3.63, 3.8) is 0 Å². The number of esters is 3. The molecule has 76 heavy (non-hydrogen) atoms. The molecule has 0 aromatic carbocycles. The highest BCUT2D eigenvalue weighted by atomic mass is 16.6. The summed E-state index contributed by atoms with van der Waals surface area (Å²) in [5.41, 5.74) is 0. The Bertz CT molecular complexity index is 1400. The van der Waals surface area contributed by atoms with E-state index in [1.165, 1.54) is 186 Å². The zero-order valence-electron chi connectivity index (χ0n) is 50.5. The molecule has 0 saturated carbocycles. The van der Waals surface area contributed by atoms with Crippen LogP contribution in [-0.4, -0.2) is 37.2 Å². The van der Waals surface area contributed by atoms with Gasteiger partial charge >= 0.3 is 17.9 Å². The summed E-state index contributed by atoms with van der Waals surface area (Å²) in [5, 5.41) is 0. The molecule has 0 N–H and O–H groups in total. The van der Waals surface area contributed by atoms with Crippen LogP contribution in [0.2, 0.25) is 0 Å². The van der Waals surface area contributed by atoms with Gasteiger partial charge < -0.3 is 14.2 Å². The summed E-state index contributed by atoms with van der Waals surface area (Å²) in [6.07, 6.45) is 83.9. The van der Waals surface area contributed by atoms with Crippen molar-refractivity contribution in [2.24, 2.45) is 0 Å². The van der Waals surface area contributed by atoms with Crippen LogP contribution < -0.4 is 0 Å². The average Bonchev–Trinajstić information content (AvgIpc) is 3.42. The zero-order valence-corrected chi connectivity index (χ0v) is 50.5. The van der Waals surface area contributed by atoms with Crippen molar-refractivity contribution < 1.29 is 28.6 Å². The van der Waals surface area contributed by atoms with Gasteiger partial charge in [-0.15, -0.1) is 0 Å². The van der Waals surface area contributed by atoms with Gasteiger partial charge in [-0.1, -0.05) is 306 Å². The first-order valence-electron chi connectivity index (χ1n) is 32.9. The van der Waals surface area contributed by atoms with Crippen LogP contribution in [0.5, 0.6) is 0 Å². The molecule has 1 unspecified atom stereocenters. The number of unbranched alkanes of at least 4 members (excludes halogenated alkanes) is 37. The van der Waals surface area contributed by atoms with Gasteiger partial charge in [0.25, 0.3) is 0 Å². The molecule has 0 aromatic rings. The fourth-order valence-electron chi connectivity index (χ4n) is 9.59. The Morgan fingerprint density at radius 2 is 0.513 bits per heavy atom. The Labute approximate surface area is 472 Å². The van der Waals surface area contributed by atoms with E-state index in [1.807, 2.05) is 0 Å². The minimum absolute atomic E-state index is 0.0947. The first-order valence-corrected chi connectivity index (χ1v) is 32.9. The Morgan fingerprint density at radius 3 is 0.803 bits per heavy atom. The molecule has 1 atom stereocenters. The van der Waals surface area contributed by atoms with Crippen molar-refractivity contribution in [3.8, 4) is 0 Å². The second-order valence-electron chi connectivity index (χ2n) is 22.0. The summed E-state index contributed by atoms with van der Waals surface area (Å²) in [5.74, 6) is -0.944. The van der Waals surface area contributed by atoms with Crippen molar-refractivity contribution in [1.29, 1.82) is 0 Å². The minimum atomic E-state index is -0.802. The number of allylic oxidation sites excluding steroid dienone is 12. The smallest absolute Gasteiger partial charge is 0.306 e. The highest BCUT2D eigenvalue weighted by molar-refractivity contribution is 5.71. The number of carbonyl (C=O) groups excluding carboxylic acids is 3. The molecule has 0 aliphatic carbocycles. The van der Waals surface area contributed by atoms with Crippen molar-refractivity contribution in [2.75, 3.05) is 13.2 Å². The summed E-state index contributed by atoms with van der Waals surface area (Å²) >= 11 is 0. The van der Waals surface area contributed by atoms with E-state index in [0.717, 1.165) is 109 Å². The van der Waals surface area contributed by atoms with Crippen molar-refractivity contribution in [2.45, 2.75) is 341 Å². The van der Waals surface area contributed by atoms with Crippen molar-refractivity contribution >= 4 is 17.9 Å². The molecular weight excluding hydrogens is 937 g/mol. The first kappa shape index (κ1) is 72.8. The second kappa shape index (κ2) is 64.4. The molecule has 0 aliphatic rings. The molecule has 0 radical (unpaired) electrons. The van der Waals surface area contributed by atoms with Gasteiger partial charge in [-0.3, -0.25) is 14.4 Å². The standard InChI is InChI=1S/C70H124O6/c1-4-7-10-13-16-19-22-25-26-27-28-29-30-31-32-33-34-35-36-37-38-39-40-41-42-43-46-48-51-54-57-60-63-69(72)75-66-67(76-70(73)64-61-58-55-52-49-45-24-21-18-15-12-9-6-3)65-74-68(71)62-59-56-53-50-47-44-23-20-17-14-11-8-5-2/h8-9,11-12,17-18,20-21,44-45,47,49,67H,4-7,10,13-16,19,22-43,46,48,50-66H2,1-3H3/b11-8-,12-9-,20-17-,21-18-,47-44-,49-45-. The molecule has 0 aliphatic heterocycles. The van der Waals surface area contributed by atoms with E-state index in [0.29, 0.717) is 12.8 Å². The van der Waals surface area contributed by atoms with Crippen molar-refractivity contribution in [3.05, 3.63) is 72.9 Å². The fourth-order valence-corrected chi connectivity index (χ4v) is 9.59. The molecule has 0 fully saturated rings. The van der Waals surface area contributed by atoms with E-state index in [-0.39, 0.29) is 37.5 Å².